The molecule has 0 atom stereocenters. The quantitative estimate of drug-likeness (QED) is 0.418. The predicted molar refractivity (Wildman–Crippen MR) is 24.8 cm³/mol. The number of rotatable bonds is 0. The van der Waals surface area contributed by atoms with Gasteiger partial charge in [0, 0.05) is 6.54 Å². The molecule has 32 valence electrons. The first kappa shape index (κ1) is 3.72. The standard InChI is InChI=1S/C5H7N/c1-6-4-2-3-5-6/h1-2,4H,3,5H2. The second-order valence-corrected chi connectivity index (χ2v) is 1.41. The van der Waals surface area contributed by atoms with E-state index >= 15 is 0 Å². The summed E-state index contributed by atoms with van der Waals surface area (Å²) >= 11 is 0. The molecule has 0 aliphatic carbocycles. The highest BCUT2D eigenvalue weighted by molar-refractivity contribution is 4.90. The van der Waals surface area contributed by atoms with Crippen LogP contribution in [0.5, 0.6) is 0 Å². The molecule has 0 aromatic rings. The van der Waals surface area contributed by atoms with E-state index in [9.17, 15) is 0 Å². The third-order valence-electron chi connectivity index (χ3n) is 0.851. The largest absolute Gasteiger partial charge is 0.370 e. The fourth-order valence-electron chi connectivity index (χ4n) is 0.508. The van der Waals surface area contributed by atoms with E-state index in [1.807, 2.05) is 6.20 Å². The molecule has 0 unspecified atom stereocenters. The molecule has 0 N–H and O–H groups in total. The molecular formula is C5H7N. The number of hydrogen-bond donors (Lipinski definition) is 0. The van der Waals surface area contributed by atoms with E-state index in [4.69, 9.17) is 7.05 Å². The second kappa shape index (κ2) is 1.33. The highest BCUT2D eigenvalue weighted by atomic mass is 15.1. The van der Waals surface area contributed by atoms with Gasteiger partial charge in [0.15, 0.2) is 0 Å². The van der Waals surface area contributed by atoms with Crippen molar-refractivity contribution >= 4 is 0 Å². The summed E-state index contributed by atoms with van der Waals surface area (Å²) in [6, 6.07) is 0. The van der Waals surface area contributed by atoms with E-state index in [0.29, 0.717) is 0 Å². The Morgan fingerprint density at radius 1 is 1.67 bits per heavy atom. The minimum Gasteiger partial charge on any atom is -0.370 e. The Morgan fingerprint density at radius 3 is 2.67 bits per heavy atom. The van der Waals surface area contributed by atoms with Gasteiger partial charge in [0.25, 0.3) is 0 Å². The van der Waals surface area contributed by atoms with Gasteiger partial charge in [0.1, 0.15) is 0 Å². The smallest absolute Gasteiger partial charge is 0.0732 e. The van der Waals surface area contributed by atoms with Crippen molar-refractivity contribution < 1.29 is 0 Å². The summed E-state index contributed by atoms with van der Waals surface area (Å²) in [4.78, 5) is 1.68. The summed E-state index contributed by atoms with van der Waals surface area (Å²) in [5.74, 6) is 0. The van der Waals surface area contributed by atoms with Gasteiger partial charge in [0.05, 0.1) is 7.05 Å². The van der Waals surface area contributed by atoms with Crippen LogP contribution in [-0.2, 0) is 0 Å². The maximum absolute atomic E-state index is 5.28. The third kappa shape index (κ3) is 0.534. The van der Waals surface area contributed by atoms with Crippen LogP contribution in [0.3, 0.4) is 0 Å². The summed E-state index contributed by atoms with van der Waals surface area (Å²) in [5.41, 5.74) is 0. The van der Waals surface area contributed by atoms with Crippen LogP contribution in [-0.4, -0.2) is 11.4 Å². The van der Waals surface area contributed by atoms with E-state index in [-0.39, 0.29) is 0 Å². The lowest BCUT2D eigenvalue weighted by Crippen LogP contribution is -2.01. The molecule has 1 heteroatoms. The second-order valence-electron chi connectivity index (χ2n) is 1.41. The topological polar surface area (TPSA) is 3.24 Å². The minimum atomic E-state index is 0.986. The predicted octanol–water partition coefficient (Wildman–Crippen LogP) is 0.874. The molecule has 0 aromatic heterocycles. The van der Waals surface area contributed by atoms with Crippen molar-refractivity contribution in [2.24, 2.45) is 0 Å². The fourth-order valence-corrected chi connectivity index (χ4v) is 0.508. The van der Waals surface area contributed by atoms with Crippen LogP contribution in [0.1, 0.15) is 6.42 Å². The number of nitrogens with zero attached hydrogens (tertiary/aromatic N) is 1. The molecule has 0 bridgehead atoms. The molecular weight excluding hydrogens is 74.1 g/mol. The normalized spacial score (nSPS) is 19.8. The molecule has 6 heavy (non-hydrogen) atoms. The van der Waals surface area contributed by atoms with Gasteiger partial charge in [-0.3, -0.25) is 0 Å². The summed E-state index contributed by atoms with van der Waals surface area (Å²) in [6.07, 6.45) is 5.05. The van der Waals surface area contributed by atoms with Gasteiger partial charge in [-0.25, -0.2) is 0 Å². The van der Waals surface area contributed by atoms with Crippen molar-refractivity contribution in [3.63, 3.8) is 0 Å². The lowest BCUT2D eigenvalue weighted by molar-refractivity contribution is 0.543. The Balaban J connectivity index is 2.38. The molecule has 1 rings (SSSR count). The van der Waals surface area contributed by atoms with Crippen molar-refractivity contribution in [2.45, 2.75) is 6.42 Å². The fraction of sp³-hybridized carbons (Fsp3) is 0.400. The summed E-state index contributed by atoms with van der Waals surface area (Å²) < 4.78 is 0. The maximum Gasteiger partial charge on any atom is 0.0732 e. The Bertz CT molecular complexity index is 66.3. The van der Waals surface area contributed by atoms with E-state index in [2.05, 4.69) is 6.08 Å². The Labute approximate surface area is 38.3 Å². The van der Waals surface area contributed by atoms with Gasteiger partial charge < -0.3 is 4.90 Å². The van der Waals surface area contributed by atoms with Gasteiger partial charge in [-0.05, 0) is 12.6 Å². The molecule has 2 radical (unpaired) electrons. The van der Waals surface area contributed by atoms with Gasteiger partial charge in [-0.15, -0.1) is 0 Å². The summed E-state index contributed by atoms with van der Waals surface area (Å²) in [6.45, 7) is 0.986. The monoisotopic (exact) mass is 81.1 g/mol. The first-order valence-electron chi connectivity index (χ1n) is 2.07. The van der Waals surface area contributed by atoms with Crippen molar-refractivity contribution in [3.8, 4) is 0 Å². The molecule has 0 saturated carbocycles. The Morgan fingerprint density at radius 2 is 2.50 bits per heavy atom. The maximum atomic E-state index is 5.28. The van der Waals surface area contributed by atoms with Crippen molar-refractivity contribution in [2.75, 3.05) is 6.54 Å². The van der Waals surface area contributed by atoms with Crippen molar-refractivity contribution in [1.82, 2.24) is 4.90 Å². The first-order chi connectivity index (χ1) is 2.89. The zero-order chi connectivity index (χ0) is 4.41. The highest BCUT2D eigenvalue weighted by Gasteiger charge is 1.93. The van der Waals surface area contributed by atoms with Crippen molar-refractivity contribution in [3.05, 3.63) is 19.3 Å². The van der Waals surface area contributed by atoms with Crippen LogP contribution in [0, 0.1) is 7.05 Å². The molecule has 0 aromatic carbocycles. The van der Waals surface area contributed by atoms with E-state index < -0.39 is 0 Å². The van der Waals surface area contributed by atoms with E-state index in [1.165, 1.54) is 0 Å². The van der Waals surface area contributed by atoms with Gasteiger partial charge >= 0.3 is 0 Å². The average Bonchev–Trinajstić information content (AvgIpc) is 1.86. The Hall–Kier alpha value is -0.460. The molecule has 1 nitrogen and oxygen atoms in total. The van der Waals surface area contributed by atoms with Crippen LogP contribution in [0.25, 0.3) is 0 Å². The molecule has 0 fully saturated rings. The van der Waals surface area contributed by atoms with Gasteiger partial charge in [0.2, 0.25) is 0 Å². The summed E-state index contributed by atoms with van der Waals surface area (Å²) in [5, 5.41) is 0. The lowest BCUT2D eigenvalue weighted by Gasteiger charge is -2.01. The molecule has 0 spiro atoms. The highest BCUT2D eigenvalue weighted by Crippen LogP contribution is 1.99. The van der Waals surface area contributed by atoms with Crippen LogP contribution in [0.4, 0.5) is 0 Å². The summed E-state index contributed by atoms with van der Waals surface area (Å²) in [7, 11) is 5.28. The van der Waals surface area contributed by atoms with Crippen LogP contribution in [0.15, 0.2) is 12.3 Å². The lowest BCUT2D eigenvalue weighted by atomic mass is 10.5. The van der Waals surface area contributed by atoms with Gasteiger partial charge in [-0.1, -0.05) is 6.08 Å². The first-order valence-corrected chi connectivity index (χ1v) is 2.07. The van der Waals surface area contributed by atoms with Crippen molar-refractivity contribution in [1.29, 1.82) is 0 Å². The zero-order valence-corrected chi connectivity index (χ0v) is 3.59. The number of hydrogen-bond acceptors (Lipinski definition) is 1. The van der Waals surface area contributed by atoms with Gasteiger partial charge in [-0.2, -0.15) is 0 Å². The molecule has 0 amide bonds. The molecule has 0 saturated heterocycles. The Kier molecular flexibility index (Phi) is 0.825. The van der Waals surface area contributed by atoms with Crippen LogP contribution < -0.4 is 0 Å². The molecule has 1 heterocycles. The zero-order valence-electron chi connectivity index (χ0n) is 3.59. The average molecular weight is 81.1 g/mol. The SMILES string of the molecule is [CH]N1C=CCC1. The molecule has 1 aliphatic heterocycles. The minimum absolute atomic E-state index is 0.986. The van der Waals surface area contributed by atoms with E-state index in [1.54, 1.807) is 4.90 Å². The van der Waals surface area contributed by atoms with Crippen LogP contribution in [0.2, 0.25) is 0 Å². The third-order valence-corrected chi connectivity index (χ3v) is 0.851. The van der Waals surface area contributed by atoms with Crippen LogP contribution >= 0.6 is 0 Å². The van der Waals surface area contributed by atoms with E-state index in [0.717, 1.165) is 13.0 Å². The molecule has 1 aliphatic rings.